The average molecular weight is 505 g/mol. The molecule has 1 aliphatic rings. The molecule has 192 valence electrons. The lowest BCUT2D eigenvalue weighted by Crippen LogP contribution is -2.48. The Bertz CT molecular complexity index is 1360. The van der Waals surface area contributed by atoms with Crippen molar-refractivity contribution in [2.45, 2.75) is 25.2 Å². The molecular formula is C23H27F3N8O2. The third kappa shape index (κ3) is 4.55. The molecule has 2 atom stereocenters. The van der Waals surface area contributed by atoms with E-state index in [0.717, 1.165) is 0 Å². The molecule has 0 unspecified atom stereocenters. The normalized spacial score (nSPS) is 18.8. The summed E-state index contributed by atoms with van der Waals surface area (Å²) >= 11 is 0. The molecule has 1 aromatic carbocycles. The second-order valence-electron chi connectivity index (χ2n) is 8.64. The van der Waals surface area contributed by atoms with Crippen molar-refractivity contribution < 1.29 is 22.6 Å². The van der Waals surface area contributed by atoms with E-state index in [0.29, 0.717) is 48.2 Å². The lowest BCUT2D eigenvalue weighted by atomic mass is 10.0. The van der Waals surface area contributed by atoms with E-state index >= 15 is 4.39 Å². The van der Waals surface area contributed by atoms with E-state index in [1.165, 1.54) is 22.5 Å². The predicted molar refractivity (Wildman–Crippen MR) is 127 cm³/mol. The molecule has 0 amide bonds. The van der Waals surface area contributed by atoms with E-state index in [1.54, 1.807) is 25.3 Å². The standard InChI is InChI=1S/C23H27F3N8O2/c1-35-10-9-32-7-5-17(15(25)12-32)27-23-28-22(36-2)21-20(16(26)13-34(21)30-23)14-3-4-18-19(11-14)33(8-6-24)31-29-18/h3-4,11,13,15,17H,5-10,12H2,1-2H3,(H,27,30)/t15-,17-/m1/s1. The molecule has 0 bridgehead atoms. The molecule has 0 saturated carbocycles. The second kappa shape index (κ2) is 10.3. The van der Waals surface area contributed by atoms with Crippen molar-refractivity contribution in [3.05, 3.63) is 30.2 Å². The quantitative estimate of drug-likeness (QED) is 0.372. The summed E-state index contributed by atoms with van der Waals surface area (Å²) in [5, 5.41) is 15.4. The van der Waals surface area contributed by atoms with E-state index in [2.05, 4.69) is 25.7 Å². The van der Waals surface area contributed by atoms with Crippen LogP contribution in [0.5, 0.6) is 5.88 Å². The van der Waals surface area contributed by atoms with Crippen molar-refractivity contribution in [2.24, 2.45) is 0 Å². The van der Waals surface area contributed by atoms with Gasteiger partial charge in [-0.3, -0.25) is 4.90 Å². The summed E-state index contributed by atoms with van der Waals surface area (Å²) in [6.45, 7) is 1.64. The zero-order chi connectivity index (χ0) is 25.2. The van der Waals surface area contributed by atoms with Crippen LogP contribution in [0.4, 0.5) is 19.1 Å². The second-order valence-corrected chi connectivity index (χ2v) is 8.64. The highest BCUT2D eigenvalue weighted by atomic mass is 19.1. The highest BCUT2D eigenvalue weighted by Gasteiger charge is 2.30. The number of likely N-dealkylation sites (tertiary alicyclic amines) is 1. The van der Waals surface area contributed by atoms with Crippen molar-refractivity contribution >= 4 is 22.5 Å². The van der Waals surface area contributed by atoms with E-state index in [4.69, 9.17) is 9.47 Å². The maximum Gasteiger partial charge on any atom is 0.244 e. The van der Waals surface area contributed by atoms with Gasteiger partial charge in [-0.05, 0) is 24.1 Å². The molecule has 36 heavy (non-hydrogen) atoms. The summed E-state index contributed by atoms with van der Waals surface area (Å²) in [5.74, 6) is -0.271. The van der Waals surface area contributed by atoms with Crippen LogP contribution in [-0.2, 0) is 11.3 Å². The maximum atomic E-state index is 15.2. The van der Waals surface area contributed by atoms with Crippen LogP contribution >= 0.6 is 0 Å². The number of rotatable bonds is 9. The predicted octanol–water partition coefficient (Wildman–Crippen LogP) is 2.73. The van der Waals surface area contributed by atoms with Crippen LogP contribution in [0.2, 0.25) is 0 Å². The number of alkyl halides is 2. The van der Waals surface area contributed by atoms with Gasteiger partial charge in [-0.15, -0.1) is 10.2 Å². The number of anilines is 1. The number of fused-ring (bicyclic) bond motifs is 2. The molecule has 4 aromatic rings. The molecule has 1 fully saturated rings. The number of methoxy groups -OCH3 is 2. The zero-order valence-corrected chi connectivity index (χ0v) is 20.0. The summed E-state index contributed by atoms with van der Waals surface area (Å²) in [6.07, 6.45) is 0.648. The molecule has 0 radical (unpaired) electrons. The topological polar surface area (TPSA) is 94.6 Å². The molecule has 5 rings (SSSR count). The van der Waals surface area contributed by atoms with Crippen LogP contribution in [0.25, 0.3) is 27.7 Å². The Hall–Kier alpha value is -3.45. The first-order valence-corrected chi connectivity index (χ1v) is 11.7. The van der Waals surface area contributed by atoms with E-state index in [1.807, 2.05) is 4.90 Å². The third-order valence-corrected chi connectivity index (χ3v) is 6.40. The first-order chi connectivity index (χ1) is 17.5. The number of nitrogens with one attached hydrogen (secondary N) is 1. The molecule has 13 heteroatoms. The molecule has 1 saturated heterocycles. The van der Waals surface area contributed by atoms with Gasteiger partial charge in [0.05, 0.1) is 43.6 Å². The fraction of sp³-hybridized carbons (Fsp3) is 0.478. The van der Waals surface area contributed by atoms with Gasteiger partial charge in [-0.1, -0.05) is 11.3 Å². The van der Waals surface area contributed by atoms with Gasteiger partial charge in [-0.2, -0.15) is 4.98 Å². The minimum atomic E-state index is -1.13. The lowest BCUT2D eigenvalue weighted by Gasteiger charge is -2.34. The van der Waals surface area contributed by atoms with Crippen LogP contribution in [-0.4, -0.2) is 93.8 Å². The van der Waals surface area contributed by atoms with Crippen LogP contribution in [0.15, 0.2) is 24.4 Å². The molecule has 0 aliphatic carbocycles. The van der Waals surface area contributed by atoms with Gasteiger partial charge in [0, 0.05) is 26.7 Å². The zero-order valence-electron chi connectivity index (χ0n) is 20.0. The van der Waals surface area contributed by atoms with Crippen LogP contribution in [0.3, 0.4) is 0 Å². The summed E-state index contributed by atoms with van der Waals surface area (Å²) < 4.78 is 56.3. The Kier molecular flexibility index (Phi) is 6.92. The summed E-state index contributed by atoms with van der Waals surface area (Å²) in [4.78, 5) is 6.41. The molecule has 1 aliphatic heterocycles. The van der Waals surface area contributed by atoms with Crippen LogP contribution in [0.1, 0.15) is 6.42 Å². The first kappa shape index (κ1) is 24.3. The number of piperidine rings is 1. The monoisotopic (exact) mass is 504 g/mol. The number of hydrogen-bond acceptors (Lipinski definition) is 8. The van der Waals surface area contributed by atoms with E-state index in [9.17, 15) is 8.78 Å². The van der Waals surface area contributed by atoms with Gasteiger partial charge in [0.2, 0.25) is 11.8 Å². The van der Waals surface area contributed by atoms with Gasteiger partial charge < -0.3 is 14.8 Å². The van der Waals surface area contributed by atoms with Gasteiger partial charge in [0.15, 0.2) is 5.82 Å². The molecule has 1 N–H and O–H groups in total. The van der Waals surface area contributed by atoms with E-state index < -0.39 is 24.7 Å². The molecule has 0 spiro atoms. The number of benzene rings is 1. The van der Waals surface area contributed by atoms with Crippen molar-refractivity contribution in [1.29, 1.82) is 0 Å². The smallest absolute Gasteiger partial charge is 0.244 e. The number of aryl methyl sites for hydroxylation is 1. The number of halogens is 3. The Morgan fingerprint density at radius 1 is 1.22 bits per heavy atom. The van der Waals surface area contributed by atoms with Gasteiger partial charge in [0.25, 0.3) is 0 Å². The Balaban J connectivity index is 1.46. The number of aromatic nitrogens is 6. The van der Waals surface area contributed by atoms with E-state index in [-0.39, 0.29) is 30.5 Å². The Labute approximate surface area is 205 Å². The van der Waals surface area contributed by atoms with Gasteiger partial charge >= 0.3 is 0 Å². The molecular weight excluding hydrogens is 477 g/mol. The maximum absolute atomic E-state index is 15.2. The van der Waals surface area contributed by atoms with Gasteiger partial charge in [-0.25, -0.2) is 22.4 Å². The number of nitrogens with zero attached hydrogens (tertiary/aromatic N) is 7. The van der Waals surface area contributed by atoms with Crippen molar-refractivity contribution in [1.82, 2.24) is 34.5 Å². The Morgan fingerprint density at radius 3 is 2.83 bits per heavy atom. The number of hydrogen-bond donors (Lipinski definition) is 1. The summed E-state index contributed by atoms with van der Waals surface area (Å²) in [7, 11) is 3.05. The Morgan fingerprint density at radius 2 is 2.08 bits per heavy atom. The highest BCUT2D eigenvalue weighted by Crippen LogP contribution is 2.35. The van der Waals surface area contributed by atoms with Crippen LogP contribution < -0.4 is 10.1 Å². The lowest BCUT2D eigenvalue weighted by molar-refractivity contribution is 0.0918. The minimum Gasteiger partial charge on any atom is -0.479 e. The average Bonchev–Trinajstić information content (AvgIpc) is 3.43. The summed E-state index contributed by atoms with van der Waals surface area (Å²) in [6, 6.07) is 4.60. The van der Waals surface area contributed by atoms with Crippen LogP contribution in [0, 0.1) is 5.82 Å². The minimum absolute atomic E-state index is 0.0429. The SMILES string of the molecule is COCCN1CC[C@@H](Nc2nc(OC)c3c(-c4ccc5nnn(CCF)c5c4)c(F)cn3n2)[C@H](F)C1. The summed E-state index contributed by atoms with van der Waals surface area (Å²) in [5.41, 5.74) is 2.20. The fourth-order valence-corrected chi connectivity index (χ4v) is 4.58. The van der Waals surface area contributed by atoms with Crippen molar-refractivity contribution in [2.75, 3.05) is 52.5 Å². The molecule has 3 aromatic heterocycles. The molecule has 4 heterocycles. The van der Waals surface area contributed by atoms with Gasteiger partial charge in [0.1, 0.15) is 23.9 Å². The first-order valence-electron chi connectivity index (χ1n) is 11.7. The third-order valence-electron chi connectivity index (χ3n) is 6.40. The van der Waals surface area contributed by atoms with Crippen molar-refractivity contribution in [3.8, 4) is 17.0 Å². The van der Waals surface area contributed by atoms with Crippen molar-refractivity contribution in [3.63, 3.8) is 0 Å². The number of ether oxygens (including phenoxy) is 2. The largest absolute Gasteiger partial charge is 0.479 e. The highest BCUT2D eigenvalue weighted by molar-refractivity contribution is 5.89. The fourth-order valence-electron chi connectivity index (χ4n) is 4.58. The molecule has 10 nitrogen and oxygen atoms in total.